The van der Waals surface area contributed by atoms with Crippen molar-refractivity contribution in [3.63, 3.8) is 0 Å². The van der Waals surface area contributed by atoms with Gasteiger partial charge < -0.3 is 9.55 Å². The van der Waals surface area contributed by atoms with Crippen LogP contribution in [0.15, 0.2) is 12.4 Å². The van der Waals surface area contributed by atoms with Crippen LogP contribution in [0.25, 0.3) is 0 Å². The van der Waals surface area contributed by atoms with Crippen LogP contribution in [-0.2, 0) is 0 Å². The summed E-state index contributed by atoms with van der Waals surface area (Å²) in [6, 6.07) is 0.508. The number of hydrogen-bond acceptors (Lipinski definition) is 1. The highest BCUT2D eigenvalue weighted by molar-refractivity contribution is 7.71. The van der Waals surface area contributed by atoms with Crippen LogP contribution in [0.5, 0.6) is 0 Å². The highest BCUT2D eigenvalue weighted by Crippen LogP contribution is 2.19. The van der Waals surface area contributed by atoms with Crippen molar-refractivity contribution in [1.29, 1.82) is 0 Å². The summed E-state index contributed by atoms with van der Waals surface area (Å²) in [5.41, 5.74) is 0. The lowest BCUT2D eigenvalue weighted by atomic mass is 10.0. The summed E-state index contributed by atoms with van der Waals surface area (Å²) in [5.74, 6) is 0.770. The summed E-state index contributed by atoms with van der Waals surface area (Å²) < 4.78 is 2.96. The minimum atomic E-state index is 0.508. The van der Waals surface area contributed by atoms with E-state index >= 15 is 0 Å². The van der Waals surface area contributed by atoms with E-state index in [-0.39, 0.29) is 0 Å². The molecule has 0 bridgehead atoms. The highest BCUT2D eigenvalue weighted by atomic mass is 32.1. The number of aromatic amines is 1. The average Bonchev–Trinajstić information content (AvgIpc) is 2.51. The van der Waals surface area contributed by atoms with Gasteiger partial charge in [0.2, 0.25) is 0 Å². The molecule has 74 valence electrons. The number of rotatable bonds is 4. The summed E-state index contributed by atoms with van der Waals surface area (Å²) in [4.78, 5) is 3.02. The molecule has 0 saturated carbocycles. The van der Waals surface area contributed by atoms with Crippen molar-refractivity contribution in [3.05, 3.63) is 17.2 Å². The van der Waals surface area contributed by atoms with Crippen LogP contribution in [0, 0.1) is 10.7 Å². The molecule has 1 rings (SSSR count). The average molecular weight is 198 g/mol. The number of hydrogen-bond donors (Lipinski definition) is 1. The van der Waals surface area contributed by atoms with Crippen molar-refractivity contribution < 1.29 is 0 Å². The zero-order chi connectivity index (χ0) is 9.84. The van der Waals surface area contributed by atoms with E-state index in [1.807, 2.05) is 12.4 Å². The fraction of sp³-hybridized carbons (Fsp3) is 0.700. The zero-order valence-electron chi connectivity index (χ0n) is 8.58. The van der Waals surface area contributed by atoms with Gasteiger partial charge in [-0.15, -0.1) is 0 Å². The number of imidazole rings is 1. The number of nitrogens with zero attached hydrogens (tertiary/aromatic N) is 1. The fourth-order valence-electron chi connectivity index (χ4n) is 1.54. The van der Waals surface area contributed by atoms with Crippen LogP contribution < -0.4 is 0 Å². The fourth-order valence-corrected chi connectivity index (χ4v) is 1.85. The predicted octanol–water partition coefficient (Wildman–Crippen LogP) is 3.54. The first-order chi connectivity index (χ1) is 6.15. The maximum absolute atomic E-state index is 5.16. The van der Waals surface area contributed by atoms with Gasteiger partial charge in [0.05, 0.1) is 0 Å². The molecule has 0 spiro atoms. The first-order valence-corrected chi connectivity index (χ1v) is 5.31. The van der Waals surface area contributed by atoms with E-state index in [4.69, 9.17) is 12.2 Å². The van der Waals surface area contributed by atoms with Crippen LogP contribution in [0.2, 0.25) is 0 Å². The van der Waals surface area contributed by atoms with Gasteiger partial charge in [0.1, 0.15) is 0 Å². The number of H-pyrrole nitrogens is 1. The van der Waals surface area contributed by atoms with Crippen molar-refractivity contribution in [2.24, 2.45) is 5.92 Å². The Morgan fingerprint density at radius 1 is 1.54 bits per heavy atom. The molecule has 0 fully saturated rings. The van der Waals surface area contributed by atoms with E-state index in [0.717, 1.165) is 10.7 Å². The Kier molecular flexibility index (Phi) is 3.72. The van der Waals surface area contributed by atoms with E-state index in [9.17, 15) is 0 Å². The van der Waals surface area contributed by atoms with Gasteiger partial charge in [0, 0.05) is 18.4 Å². The lowest BCUT2D eigenvalue weighted by Crippen LogP contribution is -2.08. The second-order valence-electron chi connectivity index (χ2n) is 3.77. The summed E-state index contributed by atoms with van der Waals surface area (Å²) >= 11 is 5.16. The zero-order valence-corrected chi connectivity index (χ0v) is 9.40. The Labute approximate surface area is 85.0 Å². The molecule has 2 atom stereocenters. The van der Waals surface area contributed by atoms with E-state index in [1.165, 1.54) is 12.8 Å². The van der Waals surface area contributed by atoms with E-state index in [0.29, 0.717) is 6.04 Å². The molecule has 1 aromatic rings. The molecule has 2 nitrogen and oxygen atoms in total. The normalized spacial score (nSPS) is 15.6. The van der Waals surface area contributed by atoms with Crippen molar-refractivity contribution in [2.75, 3.05) is 0 Å². The predicted molar refractivity (Wildman–Crippen MR) is 58.4 cm³/mol. The second kappa shape index (κ2) is 4.61. The Balaban J connectivity index is 2.63. The molecule has 0 amide bonds. The maximum atomic E-state index is 5.16. The minimum absolute atomic E-state index is 0.508. The molecular formula is C10H18N2S. The molecule has 0 aliphatic carbocycles. The van der Waals surface area contributed by atoms with Gasteiger partial charge in [-0.05, 0) is 31.5 Å². The Morgan fingerprint density at radius 3 is 2.69 bits per heavy atom. The lowest BCUT2D eigenvalue weighted by molar-refractivity contribution is 0.396. The molecule has 0 aliphatic heterocycles. The molecule has 0 unspecified atom stereocenters. The van der Waals surface area contributed by atoms with Crippen molar-refractivity contribution >= 4 is 12.2 Å². The first kappa shape index (κ1) is 10.5. The molecular weight excluding hydrogens is 180 g/mol. The number of nitrogens with one attached hydrogen (secondary N) is 1. The van der Waals surface area contributed by atoms with Gasteiger partial charge in [-0.3, -0.25) is 0 Å². The third-order valence-corrected chi connectivity index (χ3v) is 2.92. The second-order valence-corrected chi connectivity index (χ2v) is 4.16. The van der Waals surface area contributed by atoms with Gasteiger partial charge in [0.15, 0.2) is 4.77 Å². The minimum Gasteiger partial charge on any atom is -0.337 e. The molecule has 1 N–H and O–H groups in total. The molecule has 13 heavy (non-hydrogen) atoms. The molecule has 0 aromatic carbocycles. The molecule has 0 saturated heterocycles. The van der Waals surface area contributed by atoms with Crippen LogP contribution in [-0.4, -0.2) is 9.55 Å². The smallest absolute Gasteiger partial charge is 0.177 e. The summed E-state index contributed by atoms with van der Waals surface area (Å²) in [6.07, 6.45) is 6.36. The summed E-state index contributed by atoms with van der Waals surface area (Å²) in [5, 5.41) is 0. The van der Waals surface area contributed by atoms with Crippen molar-refractivity contribution in [1.82, 2.24) is 9.55 Å². The molecule has 1 aromatic heterocycles. The Hall–Kier alpha value is -0.570. The summed E-state index contributed by atoms with van der Waals surface area (Å²) in [7, 11) is 0. The van der Waals surface area contributed by atoms with E-state index < -0.39 is 0 Å². The van der Waals surface area contributed by atoms with Crippen LogP contribution in [0.1, 0.15) is 39.7 Å². The molecule has 1 heterocycles. The monoisotopic (exact) mass is 198 g/mol. The largest absolute Gasteiger partial charge is 0.337 e. The van der Waals surface area contributed by atoms with E-state index in [1.54, 1.807) is 0 Å². The van der Waals surface area contributed by atoms with Gasteiger partial charge in [0.25, 0.3) is 0 Å². The topological polar surface area (TPSA) is 20.7 Å². The van der Waals surface area contributed by atoms with Crippen molar-refractivity contribution in [3.8, 4) is 0 Å². The molecule has 0 aliphatic rings. The molecule has 3 heteroatoms. The Bertz CT molecular complexity index is 300. The quantitative estimate of drug-likeness (QED) is 0.734. The third-order valence-electron chi connectivity index (χ3n) is 2.59. The lowest BCUT2D eigenvalue weighted by Gasteiger charge is -2.16. The van der Waals surface area contributed by atoms with Gasteiger partial charge >= 0.3 is 0 Å². The summed E-state index contributed by atoms with van der Waals surface area (Å²) in [6.45, 7) is 6.73. The van der Waals surface area contributed by atoms with Gasteiger partial charge in [-0.25, -0.2) is 0 Å². The Morgan fingerprint density at radius 2 is 2.23 bits per heavy atom. The van der Waals surface area contributed by atoms with Gasteiger partial charge in [-0.1, -0.05) is 20.3 Å². The van der Waals surface area contributed by atoms with Gasteiger partial charge in [-0.2, -0.15) is 0 Å². The SMILES string of the molecule is CC[C@H](C)C[C@H](C)n1cc[nH]c1=S. The standard InChI is InChI=1S/C10H18N2S/c1-4-8(2)7-9(3)12-6-5-11-10(12)13/h5-6,8-9H,4,7H2,1-3H3,(H,11,13)/t8-,9-/m0/s1. The van der Waals surface area contributed by atoms with Crippen LogP contribution >= 0.6 is 12.2 Å². The maximum Gasteiger partial charge on any atom is 0.177 e. The molecule has 0 radical (unpaired) electrons. The van der Waals surface area contributed by atoms with Crippen LogP contribution in [0.3, 0.4) is 0 Å². The van der Waals surface area contributed by atoms with Crippen LogP contribution in [0.4, 0.5) is 0 Å². The van der Waals surface area contributed by atoms with E-state index in [2.05, 4.69) is 30.3 Å². The van der Waals surface area contributed by atoms with Crippen molar-refractivity contribution in [2.45, 2.75) is 39.7 Å². The highest BCUT2D eigenvalue weighted by Gasteiger charge is 2.08. The third kappa shape index (κ3) is 2.69. The number of aromatic nitrogens is 2. The first-order valence-electron chi connectivity index (χ1n) is 4.90.